The lowest BCUT2D eigenvalue weighted by Crippen LogP contribution is -2.18. The minimum atomic E-state index is -0.698. The summed E-state index contributed by atoms with van der Waals surface area (Å²) in [5.41, 5.74) is 1.11. The monoisotopic (exact) mass is 404 g/mol. The topological polar surface area (TPSA) is 116 Å². The third-order valence-corrected chi connectivity index (χ3v) is 4.12. The van der Waals surface area contributed by atoms with Crippen molar-refractivity contribution >= 4 is 40.6 Å². The molecule has 0 saturated heterocycles. The van der Waals surface area contributed by atoms with Crippen LogP contribution in [-0.2, 0) is 14.3 Å². The van der Waals surface area contributed by atoms with Crippen molar-refractivity contribution in [2.24, 2.45) is 0 Å². The van der Waals surface area contributed by atoms with Crippen molar-refractivity contribution in [3.8, 4) is 0 Å². The molecule has 8 nitrogen and oxygen atoms in total. The fourth-order valence-electron chi connectivity index (χ4n) is 2.31. The Morgan fingerprint density at radius 1 is 1.14 bits per heavy atom. The standard InChI is InChI=1S/C19H17ClN2O6/c1-12-10-13(22(26)27)6-7-16(12)21-18(24)8-9-19(25)28-11-17(23)14-4-2-3-5-15(14)20/h2-7,10H,8-9,11H2,1H3,(H,21,24). The molecular weight excluding hydrogens is 388 g/mol. The van der Waals surface area contributed by atoms with Crippen LogP contribution in [0.5, 0.6) is 0 Å². The Hall–Kier alpha value is -3.26. The molecule has 0 fully saturated rings. The highest BCUT2D eigenvalue weighted by atomic mass is 35.5. The molecule has 28 heavy (non-hydrogen) atoms. The Kier molecular flexibility index (Phi) is 7.22. The van der Waals surface area contributed by atoms with Gasteiger partial charge >= 0.3 is 5.97 Å². The number of nitro groups is 1. The number of aryl methyl sites for hydroxylation is 1. The lowest BCUT2D eigenvalue weighted by molar-refractivity contribution is -0.384. The van der Waals surface area contributed by atoms with Gasteiger partial charge in [-0.25, -0.2) is 0 Å². The fraction of sp³-hybridized carbons (Fsp3) is 0.211. The van der Waals surface area contributed by atoms with Gasteiger partial charge in [0.15, 0.2) is 6.61 Å². The average Bonchev–Trinajstić information content (AvgIpc) is 2.66. The molecule has 2 rings (SSSR count). The van der Waals surface area contributed by atoms with E-state index in [-0.39, 0.29) is 29.1 Å². The molecule has 0 aliphatic carbocycles. The second-order valence-corrected chi connectivity index (χ2v) is 6.28. The van der Waals surface area contributed by atoms with Crippen molar-refractivity contribution in [2.45, 2.75) is 19.8 Å². The highest BCUT2D eigenvalue weighted by Gasteiger charge is 2.15. The van der Waals surface area contributed by atoms with Gasteiger partial charge in [0.2, 0.25) is 11.7 Å². The average molecular weight is 405 g/mol. The molecule has 2 aromatic carbocycles. The Morgan fingerprint density at radius 3 is 2.50 bits per heavy atom. The number of halogens is 1. The van der Waals surface area contributed by atoms with Gasteiger partial charge in [-0.2, -0.15) is 0 Å². The largest absolute Gasteiger partial charge is 0.457 e. The molecule has 0 aliphatic rings. The number of nitro benzene ring substituents is 1. The number of benzene rings is 2. The first kappa shape index (κ1) is 21.0. The zero-order chi connectivity index (χ0) is 20.7. The second-order valence-electron chi connectivity index (χ2n) is 5.87. The van der Waals surface area contributed by atoms with Gasteiger partial charge in [-0.05, 0) is 30.7 Å². The number of anilines is 1. The lowest BCUT2D eigenvalue weighted by atomic mass is 10.1. The van der Waals surface area contributed by atoms with Gasteiger partial charge in [-0.15, -0.1) is 0 Å². The van der Waals surface area contributed by atoms with E-state index in [0.717, 1.165) is 0 Å². The predicted molar refractivity (Wildman–Crippen MR) is 102 cm³/mol. The predicted octanol–water partition coefficient (Wildman–Crippen LogP) is 3.70. The van der Waals surface area contributed by atoms with Crippen LogP contribution in [0, 0.1) is 17.0 Å². The van der Waals surface area contributed by atoms with Crippen LogP contribution in [-0.4, -0.2) is 29.2 Å². The van der Waals surface area contributed by atoms with Crippen molar-refractivity contribution in [3.05, 3.63) is 68.7 Å². The van der Waals surface area contributed by atoms with Crippen molar-refractivity contribution in [2.75, 3.05) is 11.9 Å². The summed E-state index contributed by atoms with van der Waals surface area (Å²) in [5.74, 6) is -1.59. The first-order valence-corrected chi connectivity index (χ1v) is 8.64. The van der Waals surface area contributed by atoms with E-state index in [0.29, 0.717) is 11.3 Å². The number of esters is 1. The van der Waals surface area contributed by atoms with Crippen LogP contribution >= 0.6 is 11.6 Å². The zero-order valence-electron chi connectivity index (χ0n) is 14.9. The molecular formula is C19H17ClN2O6. The van der Waals surface area contributed by atoms with Crippen LogP contribution in [0.2, 0.25) is 5.02 Å². The summed E-state index contributed by atoms with van der Waals surface area (Å²) in [5, 5.41) is 13.6. The third-order valence-electron chi connectivity index (χ3n) is 3.79. The maximum absolute atomic E-state index is 12.0. The molecule has 0 spiro atoms. The number of non-ortho nitro benzene ring substituents is 1. The van der Waals surface area contributed by atoms with E-state index in [1.807, 2.05) is 0 Å². The van der Waals surface area contributed by atoms with Gasteiger partial charge in [-0.3, -0.25) is 24.5 Å². The fourth-order valence-corrected chi connectivity index (χ4v) is 2.55. The van der Waals surface area contributed by atoms with E-state index in [1.54, 1.807) is 25.1 Å². The summed E-state index contributed by atoms with van der Waals surface area (Å²) in [6, 6.07) is 10.4. The number of hydrogen-bond donors (Lipinski definition) is 1. The summed E-state index contributed by atoms with van der Waals surface area (Å²) in [7, 11) is 0. The van der Waals surface area contributed by atoms with E-state index in [4.69, 9.17) is 16.3 Å². The Balaban J connectivity index is 1.79. The quantitative estimate of drug-likeness (QED) is 0.310. The van der Waals surface area contributed by atoms with Gasteiger partial charge in [0.05, 0.1) is 16.4 Å². The van der Waals surface area contributed by atoms with Crippen molar-refractivity contribution in [3.63, 3.8) is 0 Å². The van der Waals surface area contributed by atoms with Gasteiger partial charge in [-0.1, -0.05) is 23.7 Å². The number of ketones is 1. The number of rotatable bonds is 8. The molecule has 0 heterocycles. The van der Waals surface area contributed by atoms with Gasteiger partial charge in [0, 0.05) is 29.8 Å². The van der Waals surface area contributed by atoms with Gasteiger partial charge in [0.1, 0.15) is 0 Å². The number of nitrogens with one attached hydrogen (secondary N) is 1. The third kappa shape index (κ3) is 5.88. The number of carbonyl (C=O) groups is 3. The SMILES string of the molecule is Cc1cc([N+](=O)[O-])ccc1NC(=O)CCC(=O)OCC(=O)c1ccccc1Cl. The normalized spacial score (nSPS) is 10.2. The highest BCUT2D eigenvalue weighted by Crippen LogP contribution is 2.21. The van der Waals surface area contributed by atoms with E-state index in [1.165, 1.54) is 24.3 Å². The van der Waals surface area contributed by atoms with E-state index >= 15 is 0 Å². The Labute approximate surface area is 165 Å². The molecule has 146 valence electrons. The van der Waals surface area contributed by atoms with Gasteiger partial charge in [0.25, 0.3) is 5.69 Å². The summed E-state index contributed by atoms with van der Waals surface area (Å²) < 4.78 is 4.88. The van der Waals surface area contributed by atoms with Crippen LogP contribution in [0.1, 0.15) is 28.8 Å². The Bertz CT molecular complexity index is 928. The summed E-state index contributed by atoms with van der Waals surface area (Å²) >= 11 is 5.90. The van der Waals surface area contributed by atoms with E-state index in [2.05, 4.69) is 5.32 Å². The van der Waals surface area contributed by atoms with Crippen LogP contribution < -0.4 is 5.32 Å². The van der Waals surface area contributed by atoms with Gasteiger partial charge < -0.3 is 10.1 Å². The first-order chi connectivity index (χ1) is 13.3. The number of hydrogen-bond acceptors (Lipinski definition) is 6. The van der Waals surface area contributed by atoms with Crippen LogP contribution in [0.15, 0.2) is 42.5 Å². The molecule has 0 unspecified atom stereocenters. The van der Waals surface area contributed by atoms with E-state index < -0.39 is 29.2 Å². The molecule has 9 heteroatoms. The molecule has 0 aromatic heterocycles. The molecule has 1 N–H and O–H groups in total. The first-order valence-electron chi connectivity index (χ1n) is 8.26. The number of nitrogens with zero attached hydrogens (tertiary/aromatic N) is 1. The minimum absolute atomic E-state index is 0.0812. The van der Waals surface area contributed by atoms with Crippen molar-refractivity contribution < 1.29 is 24.0 Å². The zero-order valence-corrected chi connectivity index (χ0v) is 15.7. The second kappa shape index (κ2) is 9.61. The maximum Gasteiger partial charge on any atom is 0.306 e. The number of ether oxygens (including phenoxy) is 1. The molecule has 0 radical (unpaired) electrons. The molecule has 1 amide bonds. The molecule has 2 aromatic rings. The number of Topliss-reactive ketones (excluding diaryl/α,β-unsaturated/α-hetero) is 1. The highest BCUT2D eigenvalue weighted by molar-refractivity contribution is 6.34. The van der Waals surface area contributed by atoms with Crippen molar-refractivity contribution in [1.82, 2.24) is 0 Å². The number of carbonyl (C=O) groups excluding carboxylic acids is 3. The summed E-state index contributed by atoms with van der Waals surface area (Å²) in [6.07, 6.45) is -0.372. The molecule has 0 saturated carbocycles. The maximum atomic E-state index is 12.0. The smallest absolute Gasteiger partial charge is 0.306 e. The summed E-state index contributed by atoms with van der Waals surface area (Å²) in [4.78, 5) is 45.9. The van der Waals surface area contributed by atoms with Crippen LogP contribution in [0.3, 0.4) is 0 Å². The van der Waals surface area contributed by atoms with Crippen molar-refractivity contribution in [1.29, 1.82) is 0 Å². The number of amides is 1. The molecule has 0 aliphatic heterocycles. The summed E-state index contributed by atoms with van der Waals surface area (Å²) in [6.45, 7) is 1.16. The minimum Gasteiger partial charge on any atom is -0.457 e. The van der Waals surface area contributed by atoms with Crippen LogP contribution in [0.4, 0.5) is 11.4 Å². The van der Waals surface area contributed by atoms with Crippen LogP contribution in [0.25, 0.3) is 0 Å². The van der Waals surface area contributed by atoms with E-state index in [9.17, 15) is 24.5 Å². The lowest BCUT2D eigenvalue weighted by Gasteiger charge is -2.08. The Morgan fingerprint density at radius 2 is 1.86 bits per heavy atom. The molecule has 0 atom stereocenters. The molecule has 0 bridgehead atoms.